The van der Waals surface area contributed by atoms with Crippen LogP contribution in [0.2, 0.25) is 0 Å². The van der Waals surface area contributed by atoms with Crippen LogP contribution in [0.5, 0.6) is 0 Å². The summed E-state index contributed by atoms with van der Waals surface area (Å²) >= 11 is 0. The van der Waals surface area contributed by atoms with Gasteiger partial charge in [-0.15, -0.1) is 0 Å². The minimum atomic E-state index is -5.38. The highest BCUT2D eigenvalue weighted by atomic mass is 19.4. The van der Waals surface area contributed by atoms with Gasteiger partial charge in [-0.2, -0.15) is 13.2 Å². The molecule has 520 valence electrons. The Balaban J connectivity index is 2.24. The van der Waals surface area contributed by atoms with Crippen molar-refractivity contribution in [2.45, 2.75) is 214 Å². The van der Waals surface area contributed by atoms with Gasteiger partial charge in [-0.05, 0) is 107 Å². The van der Waals surface area contributed by atoms with E-state index in [1.54, 1.807) is 27.7 Å². The summed E-state index contributed by atoms with van der Waals surface area (Å²) in [6.45, 7) is 17.0. The molecule has 0 bridgehead atoms. The van der Waals surface area contributed by atoms with Gasteiger partial charge in [0.1, 0.15) is 59.0 Å². The van der Waals surface area contributed by atoms with E-state index >= 15 is 0 Å². The van der Waals surface area contributed by atoms with Gasteiger partial charge in [-0.25, -0.2) is 8.78 Å². The van der Waals surface area contributed by atoms with Gasteiger partial charge in [0.15, 0.2) is 0 Å². The Morgan fingerprint density at radius 1 is 0.565 bits per heavy atom. The number of nitrogens with one attached hydrogen (secondary N) is 4. The zero-order valence-electron chi connectivity index (χ0n) is 57.4. The molecule has 11 amide bonds. The van der Waals surface area contributed by atoms with Crippen molar-refractivity contribution in [1.82, 2.24) is 55.6 Å². The summed E-state index contributed by atoms with van der Waals surface area (Å²) < 4.78 is 70.8. The number of alkyl halides is 3. The maximum atomic E-state index is 15.0. The predicted octanol–water partition coefficient (Wildman–Crippen LogP) is 5.53. The molecule has 1 aromatic carbocycles. The number of hydrogen-bond acceptors (Lipinski definition) is 11. The van der Waals surface area contributed by atoms with E-state index < -0.39 is 175 Å². The molecule has 0 unspecified atom stereocenters. The van der Waals surface area contributed by atoms with E-state index in [1.165, 1.54) is 77.9 Å². The van der Waals surface area contributed by atoms with Crippen molar-refractivity contribution in [3.05, 3.63) is 34.9 Å². The van der Waals surface area contributed by atoms with Gasteiger partial charge in [-0.1, -0.05) is 93.9 Å². The molecule has 1 saturated carbocycles. The summed E-state index contributed by atoms with van der Waals surface area (Å²) in [6, 6.07) is -7.60. The van der Waals surface area contributed by atoms with Crippen molar-refractivity contribution < 1.29 is 74.7 Å². The first kappa shape index (κ1) is 79.3. The van der Waals surface area contributed by atoms with Crippen LogP contribution in [0.15, 0.2) is 12.1 Å². The highest BCUT2D eigenvalue weighted by Crippen LogP contribution is 2.35. The molecule has 0 radical (unpaired) electrons. The number of aryl methyl sites for hydroxylation is 1. The number of halogens is 5. The van der Waals surface area contributed by atoms with Gasteiger partial charge < -0.3 is 55.6 Å². The SMILES string of the molecule is CC[C@H](C)[C@@H]1NC(=O)[C@H](CC(C)C)N(C)C(=O)C[C@@H](C)NC(=O)[C@H](CC(C)C)N(C)C(=O)C(C)(C)NC(=O)[C@@H](CC(C)C)N(C)C(=O)[C@H](CCc2cc(F)c(C(F)(F)F)c(F)c2)NC(=O)CN(C)C(=O)[C@H](CC2CCCCC2)N(C)C(=O)CN(C)C(=O)CN(C)C1=O. The largest absolute Gasteiger partial charge is 0.422 e. The normalized spacial score (nSPS) is 24.8. The Hall–Kier alpha value is -6.96. The van der Waals surface area contributed by atoms with Crippen molar-refractivity contribution in [3.63, 3.8) is 0 Å². The van der Waals surface area contributed by atoms with Crippen LogP contribution in [-0.2, 0) is 65.3 Å². The average Bonchev–Trinajstić information content (AvgIpc) is 0.918. The zero-order chi connectivity index (χ0) is 70.2. The summed E-state index contributed by atoms with van der Waals surface area (Å²) in [5, 5.41) is 11.0. The lowest BCUT2D eigenvalue weighted by molar-refractivity contribution is -0.149. The minimum absolute atomic E-state index is 0.0227. The second-order valence-electron chi connectivity index (χ2n) is 27.4. The zero-order valence-corrected chi connectivity index (χ0v) is 57.4. The highest BCUT2D eigenvalue weighted by Gasteiger charge is 2.43. The second kappa shape index (κ2) is 34.8. The monoisotopic (exact) mass is 1310 g/mol. The predicted molar refractivity (Wildman–Crippen MR) is 336 cm³/mol. The van der Waals surface area contributed by atoms with E-state index in [9.17, 15) is 74.7 Å². The van der Waals surface area contributed by atoms with Crippen LogP contribution in [0.25, 0.3) is 0 Å². The Morgan fingerprint density at radius 3 is 1.55 bits per heavy atom. The van der Waals surface area contributed by atoms with Crippen LogP contribution in [0.3, 0.4) is 0 Å². The van der Waals surface area contributed by atoms with E-state index in [0.29, 0.717) is 18.6 Å². The first-order valence-corrected chi connectivity index (χ1v) is 32.1. The molecule has 8 atom stereocenters. The van der Waals surface area contributed by atoms with Crippen molar-refractivity contribution in [3.8, 4) is 0 Å². The fourth-order valence-corrected chi connectivity index (χ4v) is 11.8. The summed E-state index contributed by atoms with van der Waals surface area (Å²) in [5.74, 6) is -12.9. The third kappa shape index (κ3) is 22.7. The van der Waals surface area contributed by atoms with Crippen LogP contribution >= 0.6 is 0 Å². The molecule has 0 aromatic heterocycles. The van der Waals surface area contributed by atoms with Gasteiger partial charge in [0.2, 0.25) is 65.0 Å². The number of nitrogens with zero attached hydrogens (tertiary/aromatic N) is 7. The summed E-state index contributed by atoms with van der Waals surface area (Å²) in [4.78, 5) is 167. The van der Waals surface area contributed by atoms with Gasteiger partial charge in [0, 0.05) is 61.8 Å². The molecule has 1 aliphatic carbocycles. The van der Waals surface area contributed by atoms with Crippen molar-refractivity contribution in [2.75, 3.05) is 69.0 Å². The van der Waals surface area contributed by atoms with Crippen LogP contribution < -0.4 is 21.3 Å². The molecular formula is C65H104F5N11O11. The Labute approximate surface area is 540 Å². The van der Waals surface area contributed by atoms with Crippen LogP contribution in [-0.4, -0.2) is 216 Å². The van der Waals surface area contributed by atoms with Crippen molar-refractivity contribution in [1.29, 1.82) is 0 Å². The molecule has 1 saturated heterocycles. The van der Waals surface area contributed by atoms with Gasteiger partial charge in [0.25, 0.3) is 0 Å². The van der Waals surface area contributed by atoms with Crippen LogP contribution in [0, 0.1) is 41.2 Å². The highest BCUT2D eigenvalue weighted by molar-refractivity contribution is 5.98. The lowest BCUT2D eigenvalue weighted by Gasteiger charge is -2.38. The van der Waals surface area contributed by atoms with Gasteiger partial charge in [0.05, 0.1) is 19.6 Å². The smallest absolute Gasteiger partial charge is 0.351 e. The fourth-order valence-electron chi connectivity index (χ4n) is 11.8. The van der Waals surface area contributed by atoms with Crippen LogP contribution in [0.4, 0.5) is 22.0 Å². The fraction of sp³-hybridized carbons (Fsp3) is 0.738. The number of carbonyl (C=O) groups excluding carboxylic acids is 11. The summed E-state index contributed by atoms with van der Waals surface area (Å²) in [7, 11) is 9.48. The molecule has 1 aliphatic heterocycles. The molecule has 2 aliphatic rings. The van der Waals surface area contributed by atoms with Crippen molar-refractivity contribution in [2.24, 2.45) is 29.6 Å². The minimum Gasteiger partial charge on any atom is -0.351 e. The first-order chi connectivity index (χ1) is 42.5. The molecule has 22 nitrogen and oxygen atoms in total. The maximum absolute atomic E-state index is 15.0. The number of amides is 11. The Morgan fingerprint density at radius 2 is 1.04 bits per heavy atom. The molecular weight excluding hydrogens is 1210 g/mol. The lowest BCUT2D eigenvalue weighted by Crippen LogP contribution is -2.63. The standard InChI is InChI=1S/C65H104F5N11O11/c1-19-40(8)56-62(91)77(14)35-53(84)75(12)36-54(85)79(16)50(33-42-23-21-20-22-24-42)61(90)76(13)34-51(82)72-46(26-25-43-31-44(66)55(45(67)32-43)65(68,69)70)60(89)80(17)49(29-39(6)7)59(88)74-64(10,11)63(92)81(18)48(28-38(4)5)57(86)71-41(9)30-52(83)78(15)47(27-37(2)3)58(87)73-56/h31-32,37-42,46-50,56H,19-30,33-36H2,1-18H3,(H,71,86)(H,72,82)(H,73,87)(H,74,88)/t40-,41+,46-,47-,48-,49+,50-,56-/m0/s1. The molecule has 27 heteroatoms. The number of rotatable bonds is 13. The van der Waals surface area contributed by atoms with Gasteiger partial charge >= 0.3 is 6.18 Å². The first-order valence-electron chi connectivity index (χ1n) is 32.1. The molecule has 1 aromatic rings. The Bertz CT molecular complexity index is 2750. The number of hydrogen-bond donors (Lipinski definition) is 4. The molecule has 92 heavy (non-hydrogen) atoms. The molecule has 3 rings (SSSR count). The molecule has 4 N–H and O–H groups in total. The number of carbonyl (C=O) groups is 11. The van der Waals surface area contributed by atoms with E-state index in [1.807, 2.05) is 34.6 Å². The number of likely N-dealkylation sites (N-methyl/N-ethyl adjacent to an activating group) is 7. The number of benzene rings is 1. The molecule has 1 heterocycles. The van der Waals surface area contributed by atoms with Crippen LogP contribution in [0.1, 0.15) is 164 Å². The van der Waals surface area contributed by atoms with Crippen molar-refractivity contribution >= 4 is 65.0 Å². The quantitative estimate of drug-likeness (QED) is 0.179. The topological polar surface area (TPSA) is 259 Å². The van der Waals surface area contributed by atoms with E-state index in [4.69, 9.17) is 0 Å². The average molecular weight is 1310 g/mol. The van der Waals surface area contributed by atoms with E-state index in [0.717, 1.165) is 51.7 Å². The Kier molecular flexibility index (Phi) is 30.0. The summed E-state index contributed by atoms with van der Waals surface area (Å²) in [5.41, 5.74) is -4.23. The van der Waals surface area contributed by atoms with E-state index in [2.05, 4.69) is 21.3 Å². The second-order valence-corrected chi connectivity index (χ2v) is 27.4. The molecule has 2 fully saturated rings. The third-order valence-corrected chi connectivity index (χ3v) is 17.5. The summed E-state index contributed by atoms with van der Waals surface area (Å²) in [6.07, 6.45) is -1.66. The van der Waals surface area contributed by atoms with E-state index in [-0.39, 0.29) is 61.3 Å². The molecule has 0 spiro atoms. The van der Waals surface area contributed by atoms with Gasteiger partial charge in [-0.3, -0.25) is 52.7 Å². The third-order valence-electron chi connectivity index (χ3n) is 17.5. The maximum Gasteiger partial charge on any atom is 0.422 e. The lowest BCUT2D eigenvalue weighted by atomic mass is 9.84.